The van der Waals surface area contributed by atoms with Gasteiger partial charge in [0.2, 0.25) is 0 Å². The molecule has 1 aromatic carbocycles. The molecule has 1 heterocycles. The Labute approximate surface area is 167 Å². The van der Waals surface area contributed by atoms with E-state index in [2.05, 4.69) is 5.32 Å². The highest BCUT2D eigenvalue weighted by Crippen LogP contribution is 2.27. The molecule has 0 radical (unpaired) electrons. The lowest BCUT2D eigenvalue weighted by molar-refractivity contribution is -0.147. The van der Waals surface area contributed by atoms with Crippen LogP contribution in [-0.4, -0.2) is 24.3 Å². The number of ether oxygens (including phenoxy) is 1. The summed E-state index contributed by atoms with van der Waals surface area (Å²) in [5.41, 5.74) is 2.96. The van der Waals surface area contributed by atoms with Crippen molar-refractivity contribution in [2.24, 2.45) is 0 Å². The minimum atomic E-state index is -0.588. The first-order valence-electron chi connectivity index (χ1n) is 8.50. The predicted octanol–water partition coefficient (Wildman–Crippen LogP) is 4.78. The molecule has 5 nitrogen and oxygen atoms in total. The molecule has 1 aromatic heterocycles. The standard InChI is InChI=1S/C20H22ClNO4S/c1-11-7-12(2)20(16(21)8-11)22-18(24)10-26-19(25)6-5-17(23)15-9-13(3)27-14(15)4/h7-9H,5-6,10H2,1-4H3,(H,22,24). The number of halogens is 1. The van der Waals surface area contributed by atoms with E-state index in [0.29, 0.717) is 16.3 Å². The molecule has 0 aliphatic rings. The molecule has 2 aromatic rings. The number of aryl methyl sites for hydroxylation is 4. The van der Waals surface area contributed by atoms with Gasteiger partial charge in [0.1, 0.15) is 0 Å². The Hall–Kier alpha value is -2.18. The van der Waals surface area contributed by atoms with E-state index in [0.717, 1.165) is 20.9 Å². The summed E-state index contributed by atoms with van der Waals surface area (Å²) in [5.74, 6) is -1.16. The van der Waals surface area contributed by atoms with Crippen molar-refractivity contribution in [2.75, 3.05) is 11.9 Å². The number of anilines is 1. The number of esters is 1. The highest BCUT2D eigenvalue weighted by atomic mass is 35.5. The van der Waals surface area contributed by atoms with Gasteiger partial charge in [-0.3, -0.25) is 14.4 Å². The number of carbonyl (C=O) groups is 3. The number of rotatable bonds is 7. The molecule has 27 heavy (non-hydrogen) atoms. The molecule has 0 atom stereocenters. The normalized spacial score (nSPS) is 10.6. The van der Waals surface area contributed by atoms with Gasteiger partial charge in [0.15, 0.2) is 12.4 Å². The van der Waals surface area contributed by atoms with Gasteiger partial charge in [-0.15, -0.1) is 11.3 Å². The molecule has 0 saturated carbocycles. The molecular weight excluding hydrogens is 386 g/mol. The van der Waals surface area contributed by atoms with Crippen molar-refractivity contribution >= 4 is 46.3 Å². The van der Waals surface area contributed by atoms with Crippen molar-refractivity contribution in [3.05, 3.63) is 49.7 Å². The quantitative estimate of drug-likeness (QED) is 0.529. The van der Waals surface area contributed by atoms with Crippen molar-refractivity contribution in [1.82, 2.24) is 0 Å². The van der Waals surface area contributed by atoms with Gasteiger partial charge in [-0.25, -0.2) is 0 Å². The summed E-state index contributed by atoms with van der Waals surface area (Å²) in [7, 11) is 0. The number of hydrogen-bond donors (Lipinski definition) is 1. The number of benzene rings is 1. The zero-order valence-corrected chi connectivity index (χ0v) is 17.3. The van der Waals surface area contributed by atoms with Crippen molar-refractivity contribution in [1.29, 1.82) is 0 Å². The fourth-order valence-corrected chi connectivity index (χ4v) is 4.04. The molecule has 0 spiro atoms. The first-order chi connectivity index (χ1) is 12.7. The van der Waals surface area contributed by atoms with Crippen LogP contribution >= 0.6 is 22.9 Å². The first-order valence-corrected chi connectivity index (χ1v) is 9.69. The lowest BCUT2D eigenvalue weighted by Crippen LogP contribution is -2.21. The van der Waals surface area contributed by atoms with E-state index in [9.17, 15) is 14.4 Å². The van der Waals surface area contributed by atoms with Crippen molar-refractivity contribution in [2.45, 2.75) is 40.5 Å². The lowest BCUT2D eigenvalue weighted by Gasteiger charge is -2.11. The van der Waals surface area contributed by atoms with Crippen LogP contribution in [0, 0.1) is 27.7 Å². The second kappa shape index (κ2) is 9.15. The molecule has 144 valence electrons. The van der Waals surface area contributed by atoms with Crippen LogP contribution < -0.4 is 5.32 Å². The van der Waals surface area contributed by atoms with E-state index in [1.807, 2.05) is 39.8 Å². The molecular formula is C20H22ClNO4S. The number of thiophene rings is 1. The third-order valence-electron chi connectivity index (χ3n) is 3.96. The second-order valence-electron chi connectivity index (χ2n) is 6.40. The molecule has 0 unspecified atom stereocenters. The number of hydrogen-bond acceptors (Lipinski definition) is 5. The van der Waals surface area contributed by atoms with Crippen molar-refractivity contribution < 1.29 is 19.1 Å². The van der Waals surface area contributed by atoms with Gasteiger partial charge in [0, 0.05) is 21.7 Å². The summed E-state index contributed by atoms with van der Waals surface area (Å²) < 4.78 is 4.96. The number of ketones is 1. The van der Waals surface area contributed by atoms with E-state index in [-0.39, 0.29) is 18.6 Å². The monoisotopic (exact) mass is 407 g/mol. The smallest absolute Gasteiger partial charge is 0.306 e. The van der Waals surface area contributed by atoms with E-state index in [4.69, 9.17) is 16.3 Å². The third-order valence-corrected chi connectivity index (χ3v) is 5.22. The summed E-state index contributed by atoms with van der Waals surface area (Å²) >= 11 is 7.69. The Balaban J connectivity index is 1.81. The Bertz CT molecular complexity index is 865. The van der Waals surface area contributed by atoms with Gasteiger partial charge < -0.3 is 10.1 Å². The Morgan fingerprint density at radius 3 is 2.37 bits per heavy atom. The zero-order chi connectivity index (χ0) is 20.1. The molecule has 2 rings (SSSR count). The minimum Gasteiger partial charge on any atom is -0.456 e. The third kappa shape index (κ3) is 5.91. The molecule has 0 aliphatic carbocycles. The lowest BCUT2D eigenvalue weighted by atomic mass is 10.1. The van der Waals surface area contributed by atoms with Crippen LogP contribution in [0.5, 0.6) is 0 Å². The zero-order valence-electron chi connectivity index (χ0n) is 15.8. The van der Waals surface area contributed by atoms with Crippen molar-refractivity contribution in [3.63, 3.8) is 0 Å². The minimum absolute atomic E-state index is 0.0559. The highest BCUT2D eigenvalue weighted by molar-refractivity contribution is 7.12. The maximum Gasteiger partial charge on any atom is 0.306 e. The number of Topliss-reactive ketones (excluding diaryl/α,β-unsaturated/α-hetero) is 1. The summed E-state index contributed by atoms with van der Waals surface area (Å²) in [6.45, 7) is 7.13. The molecule has 0 aliphatic heterocycles. The Morgan fingerprint density at radius 2 is 1.78 bits per heavy atom. The van der Waals surface area contributed by atoms with Crippen LogP contribution in [0.3, 0.4) is 0 Å². The van der Waals surface area contributed by atoms with Gasteiger partial charge in [0.25, 0.3) is 5.91 Å². The Kier molecular flexibility index (Phi) is 7.16. The highest BCUT2D eigenvalue weighted by Gasteiger charge is 2.16. The maximum absolute atomic E-state index is 12.2. The van der Waals surface area contributed by atoms with E-state index in [1.165, 1.54) is 0 Å². The number of amides is 1. The molecule has 1 N–H and O–H groups in total. The SMILES string of the molecule is Cc1cc(C)c(NC(=O)COC(=O)CCC(=O)c2cc(C)sc2C)c(Cl)c1. The van der Waals surface area contributed by atoms with Crippen LogP contribution in [0.25, 0.3) is 0 Å². The fraction of sp³-hybridized carbons (Fsp3) is 0.350. The average molecular weight is 408 g/mol. The van der Waals surface area contributed by atoms with Crippen LogP contribution in [-0.2, 0) is 14.3 Å². The van der Waals surface area contributed by atoms with E-state index in [1.54, 1.807) is 17.4 Å². The number of carbonyl (C=O) groups excluding carboxylic acids is 3. The number of nitrogens with one attached hydrogen (secondary N) is 1. The summed E-state index contributed by atoms with van der Waals surface area (Å²) in [6.07, 6.45) is -0.00880. The van der Waals surface area contributed by atoms with Crippen LogP contribution in [0.1, 0.15) is 44.1 Å². The largest absolute Gasteiger partial charge is 0.456 e. The van der Waals surface area contributed by atoms with Crippen LogP contribution in [0.4, 0.5) is 5.69 Å². The summed E-state index contributed by atoms with van der Waals surface area (Å²) in [6, 6.07) is 5.47. The van der Waals surface area contributed by atoms with Gasteiger partial charge >= 0.3 is 5.97 Å². The molecule has 7 heteroatoms. The molecule has 0 bridgehead atoms. The first kappa shape index (κ1) is 21.1. The Morgan fingerprint density at radius 1 is 1.07 bits per heavy atom. The van der Waals surface area contributed by atoms with E-state index < -0.39 is 18.5 Å². The topological polar surface area (TPSA) is 72.5 Å². The predicted molar refractivity (Wildman–Crippen MR) is 108 cm³/mol. The van der Waals surface area contributed by atoms with Crippen LogP contribution in [0.2, 0.25) is 5.02 Å². The molecule has 1 amide bonds. The summed E-state index contributed by atoms with van der Waals surface area (Å²) in [4.78, 5) is 38.0. The average Bonchev–Trinajstić information content (AvgIpc) is 2.92. The molecule has 0 saturated heterocycles. The fourth-order valence-electron chi connectivity index (χ4n) is 2.73. The van der Waals surface area contributed by atoms with Gasteiger partial charge in [-0.1, -0.05) is 17.7 Å². The molecule has 0 fully saturated rings. The maximum atomic E-state index is 12.2. The summed E-state index contributed by atoms with van der Waals surface area (Å²) in [5, 5.41) is 3.08. The van der Waals surface area contributed by atoms with E-state index >= 15 is 0 Å². The second-order valence-corrected chi connectivity index (χ2v) is 8.27. The van der Waals surface area contributed by atoms with Gasteiger partial charge in [-0.05, 0) is 51.0 Å². The van der Waals surface area contributed by atoms with Crippen LogP contribution in [0.15, 0.2) is 18.2 Å². The van der Waals surface area contributed by atoms with Gasteiger partial charge in [-0.2, -0.15) is 0 Å². The van der Waals surface area contributed by atoms with Crippen molar-refractivity contribution in [3.8, 4) is 0 Å². The van der Waals surface area contributed by atoms with Gasteiger partial charge in [0.05, 0.1) is 17.1 Å².